The van der Waals surface area contributed by atoms with E-state index in [9.17, 15) is 9.59 Å². The van der Waals surface area contributed by atoms with Crippen molar-refractivity contribution in [3.8, 4) is 0 Å². The highest BCUT2D eigenvalue weighted by molar-refractivity contribution is 5.82. The summed E-state index contributed by atoms with van der Waals surface area (Å²) in [5, 5.41) is 11.5. The Hall–Kier alpha value is -1.89. The number of amides is 1. The number of hydrogen-bond donors (Lipinski definition) is 3. The van der Waals surface area contributed by atoms with Gasteiger partial charge < -0.3 is 20.7 Å². The fourth-order valence-electron chi connectivity index (χ4n) is 1.83. The van der Waals surface area contributed by atoms with Crippen molar-refractivity contribution in [1.29, 1.82) is 0 Å². The van der Waals surface area contributed by atoms with Gasteiger partial charge in [0.05, 0.1) is 18.4 Å². The first-order chi connectivity index (χ1) is 9.70. The van der Waals surface area contributed by atoms with Crippen LogP contribution < -0.4 is 11.1 Å². The lowest BCUT2D eigenvalue weighted by Crippen LogP contribution is -2.51. The fourth-order valence-corrected chi connectivity index (χ4v) is 1.83. The highest BCUT2D eigenvalue weighted by Gasteiger charge is 2.28. The molecule has 4 N–H and O–H groups in total. The third-order valence-electron chi connectivity index (χ3n) is 3.32. The summed E-state index contributed by atoms with van der Waals surface area (Å²) < 4.78 is 1.89. The summed E-state index contributed by atoms with van der Waals surface area (Å²) in [6.07, 6.45) is 5.21. The van der Waals surface area contributed by atoms with Crippen LogP contribution in [0.4, 0.5) is 0 Å². The number of aliphatic carboxylic acids is 1. The fraction of sp³-hybridized carbons (Fsp3) is 0.643. The summed E-state index contributed by atoms with van der Waals surface area (Å²) in [6.45, 7) is 6.66. The smallest absolute Gasteiger partial charge is 0.303 e. The molecule has 0 radical (unpaired) electrons. The Morgan fingerprint density at radius 1 is 1.43 bits per heavy atom. The third kappa shape index (κ3) is 5.95. The van der Waals surface area contributed by atoms with E-state index in [-0.39, 0.29) is 30.2 Å². The van der Waals surface area contributed by atoms with Crippen molar-refractivity contribution in [2.24, 2.45) is 11.1 Å². The van der Waals surface area contributed by atoms with E-state index in [4.69, 9.17) is 10.8 Å². The second-order valence-corrected chi connectivity index (χ2v) is 6.23. The van der Waals surface area contributed by atoms with Gasteiger partial charge in [0.15, 0.2) is 0 Å². The van der Waals surface area contributed by atoms with Crippen molar-refractivity contribution in [3.05, 3.63) is 18.7 Å². The van der Waals surface area contributed by atoms with Gasteiger partial charge in [-0.1, -0.05) is 20.8 Å². The topological polar surface area (TPSA) is 110 Å². The van der Waals surface area contributed by atoms with E-state index < -0.39 is 12.0 Å². The van der Waals surface area contributed by atoms with Crippen LogP contribution in [0, 0.1) is 5.41 Å². The first-order valence-electron chi connectivity index (χ1n) is 6.93. The Morgan fingerprint density at radius 3 is 2.57 bits per heavy atom. The van der Waals surface area contributed by atoms with E-state index in [1.165, 1.54) is 0 Å². The minimum atomic E-state index is -0.955. The molecule has 0 saturated heterocycles. The van der Waals surface area contributed by atoms with Gasteiger partial charge in [0.25, 0.3) is 0 Å². The number of nitrogens with one attached hydrogen (secondary N) is 1. The average molecular weight is 296 g/mol. The van der Waals surface area contributed by atoms with Crippen molar-refractivity contribution < 1.29 is 14.7 Å². The molecule has 1 amide bonds. The summed E-state index contributed by atoms with van der Waals surface area (Å²) in [5.41, 5.74) is 5.58. The predicted octanol–water partition coefficient (Wildman–Crippen LogP) is 0.606. The second-order valence-electron chi connectivity index (χ2n) is 6.23. The van der Waals surface area contributed by atoms with Crippen LogP contribution in [0.2, 0.25) is 0 Å². The number of rotatable bonds is 7. The van der Waals surface area contributed by atoms with Crippen LogP contribution in [0.1, 0.15) is 33.6 Å². The minimum absolute atomic E-state index is 0.115. The van der Waals surface area contributed by atoms with Crippen LogP contribution in [0.15, 0.2) is 18.7 Å². The lowest BCUT2D eigenvalue weighted by Gasteiger charge is -2.32. The van der Waals surface area contributed by atoms with E-state index in [1.54, 1.807) is 12.5 Å². The molecule has 1 aromatic rings. The van der Waals surface area contributed by atoms with E-state index in [2.05, 4.69) is 10.3 Å². The number of nitrogens with two attached hydrogens (primary N) is 1. The molecule has 0 fully saturated rings. The van der Waals surface area contributed by atoms with Crippen LogP contribution in [-0.4, -0.2) is 38.6 Å². The maximum atomic E-state index is 12.1. The van der Waals surface area contributed by atoms with Crippen LogP contribution >= 0.6 is 0 Å². The lowest BCUT2D eigenvalue weighted by molar-refractivity contribution is -0.137. The number of imidazole rings is 1. The minimum Gasteiger partial charge on any atom is -0.481 e. The summed E-state index contributed by atoms with van der Waals surface area (Å²) in [4.78, 5) is 26.6. The molecule has 2 unspecified atom stereocenters. The molecular weight excluding hydrogens is 272 g/mol. The third-order valence-corrected chi connectivity index (χ3v) is 3.32. The molecule has 7 heteroatoms. The number of aromatic nitrogens is 2. The number of carbonyl (C=O) groups excluding carboxylic acids is 1. The van der Waals surface area contributed by atoms with Crippen molar-refractivity contribution in [2.45, 2.75) is 52.2 Å². The van der Waals surface area contributed by atoms with Gasteiger partial charge in [0.2, 0.25) is 5.91 Å². The highest BCUT2D eigenvalue weighted by Crippen LogP contribution is 2.21. The van der Waals surface area contributed by atoms with Gasteiger partial charge in [-0.15, -0.1) is 0 Å². The monoisotopic (exact) mass is 296 g/mol. The number of carbonyl (C=O) groups is 2. The molecule has 7 nitrogen and oxygen atoms in total. The van der Waals surface area contributed by atoms with E-state index in [1.807, 2.05) is 31.5 Å². The standard InChI is InChI=1S/C14H24N4O3/c1-14(2,3)11(8-18-7-6-16-9-18)17-13(21)10(15)4-5-12(19)20/h6-7,9-11H,4-5,8,15H2,1-3H3,(H,17,21)(H,19,20). The van der Waals surface area contributed by atoms with Gasteiger partial charge >= 0.3 is 5.97 Å². The zero-order valence-electron chi connectivity index (χ0n) is 12.7. The molecule has 0 bridgehead atoms. The summed E-state index contributed by atoms with van der Waals surface area (Å²) in [5.74, 6) is -1.28. The van der Waals surface area contributed by atoms with Crippen LogP contribution in [0.5, 0.6) is 0 Å². The SMILES string of the molecule is CC(C)(C)C(Cn1ccnc1)NC(=O)C(N)CCC(=O)O. The number of carboxylic acid groups (broad SMARTS) is 1. The van der Waals surface area contributed by atoms with Gasteiger partial charge in [-0.3, -0.25) is 9.59 Å². The highest BCUT2D eigenvalue weighted by atomic mass is 16.4. The number of nitrogens with zero attached hydrogens (tertiary/aromatic N) is 2. The molecule has 118 valence electrons. The van der Waals surface area contributed by atoms with Crippen molar-refractivity contribution in [1.82, 2.24) is 14.9 Å². The van der Waals surface area contributed by atoms with Crippen molar-refractivity contribution in [3.63, 3.8) is 0 Å². The molecule has 21 heavy (non-hydrogen) atoms. The van der Waals surface area contributed by atoms with Crippen LogP contribution in [-0.2, 0) is 16.1 Å². The maximum Gasteiger partial charge on any atom is 0.303 e. The molecule has 0 aliphatic rings. The van der Waals surface area contributed by atoms with Gasteiger partial charge in [-0.2, -0.15) is 0 Å². The first kappa shape index (κ1) is 17.2. The van der Waals surface area contributed by atoms with Crippen LogP contribution in [0.3, 0.4) is 0 Å². The molecule has 1 aromatic heterocycles. The number of carboxylic acids is 1. The van der Waals surface area contributed by atoms with Crippen molar-refractivity contribution >= 4 is 11.9 Å². The Bertz CT molecular complexity index is 465. The van der Waals surface area contributed by atoms with E-state index in [0.29, 0.717) is 6.54 Å². The molecule has 0 spiro atoms. The zero-order valence-corrected chi connectivity index (χ0v) is 12.7. The molecule has 0 aliphatic heterocycles. The largest absolute Gasteiger partial charge is 0.481 e. The average Bonchev–Trinajstić information content (AvgIpc) is 2.86. The molecule has 0 aromatic carbocycles. The summed E-state index contributed by atoms with van der Waals surface area (Å²) in [7, 11) is 0. The molecule has 1 rings (SSSR count). The van der Waals surface area contributed by atoms with Gasteiger partial charge in [-0.05, 0) is 11.8 Å². The Morgan fingerprint density at radius 2 is 2.10 bits per heavy atom. The molecule has 0 aliphatic carbocycles. The molecule has 1 heterocycles. The molecule has 2 atom stereocenters. The Labute approximate surface area is 124 Å². The summed E-state index contributed by atoms with van der Waals surface area (Å²) >= 11 is 0. The first-order valence-corrected chi connectivity index (χ1v) is 6.93. The Balaban J connectivity index is 2.64. The Kier molecular flexibility index (Phi) is 5.90. The molecule has 0 saturated carbocycles. The van der Waals surface area contributed by atoms with Gasteiger partial charge in [-0.25, -0.2) is 4.98 Å². The van der Waals surface area contributed by atoms with Crippen LogP contribution in [0.25, 0.3) is 0 Å². The second kappa shape index (κ2) is 7.21. The quantitative estimate of drug-likeness (QED) is 0.682. The van der Waals surface area contributed by atoms with E-state index in [0.717, 1.165) is 0 Å². The number of hydrogen-bond acceptors (Lipinski definition) is 4. The normalized spacial score (nSPS) is 14.5. The van der Waals surface area contributed by atoms with Crippen molar-refractivity contribution in [2.75, 3.05) is 0 Å². The summed E-state index contributed by atoms with van der Waals surface area (Å²) in [6, 6.07) is -0.941. The lowest BCUT2D eigenvalue weighted by atomic mass is 9.86. The maximum absolute atomic E-state index is 12.1. The van der Waals surface area contributed by atoms with Gasteiger partial charge in [0, 0.05) is 25.4 Å². The van der Waals surface area contributed by atoms with E-state index >= 15 is 0 Å². The zero-order chi connectivity index (χ0) is 16.0. The molecular formula is C14H24N4O3. The predicted molar refractivity (Wildman–Crippen MR) is 78.5 cm³/mol. The van der Waals surface area contributed by atoms with Gasteiger partial charge in [0.1, 0.15) is 0 Å².